The number of aromatic nitrogens is 9. The van der Waals surface area contributed by atoms with Gasteiger partial charge in [-0.2, -0.15) is 10.2 Å². The maximum atomic E-state index is 3.92. The summed E-state index contributed by atoms with van der Waals surface area (Å²) in [6.07, 6.45) is 17.5. The summed E-state index contributed by atoms with van der Waals surface area (Å²) in [5.41, 5.74) is 4.24. The largest absolute Gasteiger partial charge is 0.261 e. The summed E-state index contributed by atoms with van der Waals surface area (Å²) in [6.45, 7) is 29.7. The molecule has 5 aromatic rings. The third-order valence-electron chi connectivity index (χ3n) is 3.97. The molecule has 0 bridgehead atoms. The highest BCUT2D eigenvalue weighted by atomic mass is 15.1. The van der Waals surface area contributed by atoms with Gasteiger partial charge < -0.3 is 0 Å². The standard InChI is InChI=1S/C7H10N.4C5H6N2.5C2H6/c1-7-3-5-8(2)6-4-7;1-5-4-6-2-3-7-5;1-5-2-3-6-4-7-5;1-5-6-3-2-4-7-5;1-5-3-2-4-6-7-5;5*1-2/h3-6H,1-2H3;4*2-4H,1H3;5*1-2H3/q+1;;;;;;;;;. The Balaban J connectivity index is -0.000000142. The van der Waals surface area contributed by atoms with E-state index < -0.39 is 0 Å². The molecule has 0 spiro atoms. The van der Waals surface area contributed by atoms with Crippen LogP contribution in [-0.4, -0.2) is 40.1 Å². The molecule has 0 saturated heterocycles. The maximum Gasteiger partial charge on any atom is 0.168 e. The molecule has 0 amide bonds. The molecule has 0 aliphatic heterocycles. The van der Waals surface area contributed by atoms with Crippen molar-refractivity contribution in [3.8, 4) is 0 Å². The van der Waals surface area contributed by atoms with Crippen LogP contribution in [0.5, 0.6) is 0 Å². The van der Waals surface area contributed by atoms with Gasteiger partial charge in [-0.05, 0) is 64.4 Å². The van der Waals surface area contributed by atoms with Crippen LogP contribution in [0.3, 0.4) is 0 Å². The lowest BCUT2D eigenvalue weighted by molar-refractivity contribution is -0.671. The third kappa shape index (κ3) is 41.6. The first-order valence-corrected chi connectivity index (χ1v) is 16.2. The zero-order chi connectivity index (χ0) is 36.4. The minimum atomic E-state index is 0.822. The molecule has 46 heavy (non-hydrogen) atoms. The van der Waals surface area contributed by atoms with Gasteiger partial charge in [0.15, 0.2) is 12.4 Å². The highest BCUT2D eigenvalue weighted by molar-refractivity contribution is 5.03. The minimum Gasteiger partial charge on any atom is -0.261 e. The van der Waals surface area contributed by atoms with E-state index in [1.165, 1.54) is 11.9 Å². The molecular formula is C37H64N9+. The van der Waals surface area contributed by atoms with Gasteiger partial charge in [-0.1, -0.05) is 69.2 Å². The zero-order valence-corrected chi connectivity index (χ0v) is 31.8. The molecule has 0 atom stereocenters. The topological polar surface area (TPSA) is 107 Å². The van der Waals surface area contributed by atoms with Crippen molar-refractivity contribution in [1.29, 1.82) is 0 Å². The van der Waals surface area contributed by atoms with Crippen molar-refractivity contribution in [3.05, 3.63) is 127 Å². The van der Waals surface area contributed by atoms with Crippen LogP contribution in [0.15, 0.2) is 98.5 Å². The van der Waals surface area contributed by atoms with Gasteiger partial charge in [-0.25, -0.2) is 24.5 Å². The summed E-state index contributed by atoms with van der Waals surface area (Å²) in [4.78, 5) is 23.1. The predicted molar refractivity (Wildman–Crippen MR) is 196 cm³/mol. The number of hydrogen-bond acceptors (Lipinski definition) is 8. The van der Waals surface area contributed by atoms with Gasteiger partial charge in [0.1, 0.15) is 19.2 Å². The number of rotatable bonds is 0. The minimum absolute atomic E-state index is 0.822. The Morgan fingerprint density at radius 2 is 1.04 bits per heavy atom. The number of hydrogen-bond donors (Lipinski definition) is 0. The Kier molecular flexibility index (Phi) is 49.9. The molecule has 9 heteroatoms. The highest BCUT2D eigenvalue weighted by Gasteiger charge is 1.86. The van der Waals surface area contributed by atoms with Crippen molar-refractivity contribution in [2.45, 2.75) is 104 Å². The van der Waals surface area contributed by atoms with Gasteiger partial charge >= 0.3 is 0 Å². The van der Waals surface area contributed by atoms with E-state index >= 15 is 0 Å². The fraction of sp³-hybridized carbons (Fsp3) is 0.432. The number of pyridine rings is 1. The van der Waals surface area contributed by atoms with E-state index in [2.05, 4.69) is 59.2 Å². The predicted octanol–water partition coefficient (Wildman–Crippen LogP) is 9.09. The van der Waals surface area contributed by atoms with Crippen molar-refractivity contribution in [2.24, 2.45) is 7.05 Å². The number of aryl methyl sites for hydroxylation is 6. The van der Waals surface area contributed by atoms with E-state index in [4.69, 9.17) is 0 Å². The molecule has 0 saturated carbocycles. The quantitative estimate of drug-likeness (QED) is 0.155. The highest BCUT2D eigenvalue weighted by Crippen LogP contribution is 1.87. The molecule has 0 radical (unpaired) electrons. The third-order valence-corrected chi connectivity index (χ3v) is 3.97. The van der Waals surface area contributed by atoms with Crippen LogP contribution in [0.4, 0.5) is 0 Å². The second-order valence-corrected chi connectivity index (χ2v) is 7.40. The van der Waals surface area contributed by atoms with E-state index in [0.29, 0.717) is 0 Å². The molecule has 0 aliphatic rings. The average Bonchev–Trinajstić information content (AvgIpc) is 3.13. The summed E-state index contributed by atoms with van der Waals surface area (Å²) in [5.74, 6) is 0.822. The fourth-order valence-electron chi connectivity index (χ4n) is 2.06. The van der Waals surface area contributed by atoms with Crippen LogP contribution < -0.4 is 4.57 Å². The molecule has 0 unspecified atom stereocenters. The van der Waals surface area contributed by atoms with Crippen molar-refractivity contribution in [2.75, 3.05) is 0 Å². The SMILES string of the molecule is CC.CC.CC.CC.CC.Cc1cc[n+](C)cc1.Cc1cccnn1.Cc1ccncn1.Cc1cnccn1.Cc1ncccn1. The molecule has 5 aromatic heterocycles. The van der Waals surface area contributed by atoms with Crippen LogP contribution in [0.2, 0.25) is 0 Å². The summed E-state index contributed by atoms with van der Waals surface area (Å²) >= 11 is 0. The van der Waals surface area contributed by atoms with Crippen LogP contribution in [0, 0.1) is 34.6 Å². The molecule has 0 fully saturated rings. The Bertz CT molecular complexity index is 990. The average molecular weight is 635 g/mol. The lowest BCUT2D eigenvalue weighted by Crippen LogP contribution is -2.25. The molecule has 9 nitrogen and oxygen atoms in total. The maximum absolute atomic E-state index is 3.92. The summed E-state index contributed by atoms with van der Waals surface area (Å²) in [6, 6.07) is 11.6. The first kappa shape index (κ1) is 51.1. The second-order valence-electron chi connectivity index (χ2n) is 7.40. The lowest BCUT2D eigenvalue weighted by Gasteiger charge is -1.85. The van der Waals surface area contributed by atoms with Crippen molar-refractivity contribution < 1.29 is 4.57 Å². The van der Waals surface area contributed by atoms with Gasteiger partial charge in [0, 0.05) is 61.2 Å². The van der Waals surface area contributed by atoms with Gasteiger partial charge in [-0.3, -0.25) is 9.97 Å². The molecule has 5 heterocycles. The molecule has 0 N–H and O–H groups in total. The molecule has 5 rings (SSSR count). The van der Waals surface area contributed by atoms with Crippen molar-refractivity contribution in [3.63, 3.8) is 0 Å². The van der Waals surface area contributed by atoms with Crippen molar-refractivity contribution >= 4 is 0 Å². The summed E-state index contributed by atoms with van der Waals surface area (Å²) < 4.78 is 2.02. The first-order valence-electron chi connectivity index (χ1n) is 16.2. The van der Waals surface area contributed by atoms with Gasteiger partial charge in [0.25, 0.3) is 0 Å². The van der Waals surface area contributed by atoms with E-state index in [9.17, 15) is 0 Å². The van der Waals surface area contributed by atoms with E-state index in [1.807, 2.05) is 139 Å². The second kappa shape index (κ2) is 44.9. The smallest absolute Gasteiger partial charge is 0.168 e. The van der Waals surface area contributed by atoms with Crippen LogP contribution in [-0.2, 0) is 7.05 Å². The monoisotopic (exact) mass is 635 g/mol. The Labute approximate surface area is 282 Å². The van der Waals surface area contributed by atoms with Crippen LogP contribution >= 0.6 is 0 Å². The summed E-state index contributed by atoms with van der Waals surface area (Å²) in [7, 11) is 2.01. The normalized spacial score (nSPS) is 7.57. The van der Waals surface area contributed by atoms with Gasteiger partial charge in [0.2, 0.25) is 0 Å². The lowest BCUT2D eigenvalue weighted by atomic mass is 10.3. The molecule has 256 valence electrons. The van der Waals surface area contributed by atoms with Crippen LogP contribution in [0.1, 0.15) is 97.7 Å². The summed E-state index contributed by atoms with van der Waals surface area (Å²) in [5, 5.41) is 7.36. The Hall–Kier alpha value is -4.53. The fourth-order valence-corrected chi connectivity index (χ4v) is 2.06. The Morgan fingerprint density at radius 3 is 1.28 bits per heavy atom. The molecule has 0 aliphatic carbocycles. The number of nitrogens with zero attached hydrogens (tertiary/aromatic N) is 9. The zero-order valence-electron chi connectivity index (χ0n) is 31.8. The van der Waals surface area contributed by atoms with Crippen molar-refractivity contribution in [1.82, 2.24) is 40.1 Å². The van der Waals surface area contributed by atoms with Gasteiger partial charge in [0.05, 0.1) is 11.4 Å². The van der Waals surface area contributed by atoms with E-state index in [1.54, 1.807) is 49.4 Å². The molecule has 0 aromatic carbocycles. The van der Waals surface area contributed by atoms with Gasteiger partial charge in [-0.15, -0.1) is 0 Å². The Morgan fingerprint density at radius 1 is 0.478 bits per heavy atom. The van der Waals surface area contributed by atoms with E-state index in [0.717, 1.165) is 22.9 Å². The van der Waals surface area contributed by atoms with E-state index in [-0.39, 0.29) is 0 Å². The van der Waals surface area contributed by atoms with Crippen LogP contribution in [0.25, 0.3) is 0 Å². The molecular weight excluding hydrogens is 570 g/mol. The first-order chi connectivity index (χ1) is 22.4.